The minimum absolute atomic E-state index is 0.0881. The van der Waals surface area contributed by atoms with E-state index >= 15 is 4.39 Å². The van der Waals surface area contributed by atoms with Gasteiger partial charge in [-0.3, -0.25) is 14.4 Å². The normalized spacial score (nSPS) is 47.6. The van der Waals surface area contributed by atoms with E-state index in [0.717, 1.165) is 5.57 Å². The molecule has 0 radical (unpaired) electrons. The van der Waals surface area contributed by atoms with Crippen LogP contribution in [-0.4, -0.2) is 45.4 Å². The maximum atomic E-state index is 16.8. The first-order valence-electron chi connectivity index (χ1n) is 9.98. The number of halogens is 1. The first-order valence-corrected chi connectivity index (χ1v) is 9.98. The topological polar surface area (TPSA) is 91.7 Å². The summed E-state index contributed by atoms with van der Waals surface area (Å²) in [6.45, 7) is 4.65. The second kappa shape index (κ2) is 5.70. The lowest BCUT2D eigenvalue weighted by Crippen LogP contribution is -2.64. The molecule has 0 bridgehead atoms. The van der Waals surface area contributed by atoms with E-state index in [9.17, 15) is 24.6 Å². The van der Waals surface area contributed by atoms with Crippen molar-refractivity contribution < 1.29 is 29.0 Å². The van der Waals surface area contributed by atoms with Crippen molar-refractivity contribution in [2.75, 3.05) is 6.61 Å². The first-order chi connectivity index (χ1) is 12.9. The van der Waals surface area contributed by atoms with Crippen LogP contribution < -0.4 is 0 Å². The Labute approximate surface area is 163 Å². The van der Waals surface area contributed by atoms with Gasteiger partial charge in [-0.15, -0.1) is 0 Å². The number of allylic oxidation sites excluding steroid dienone is 4. The van der Waals surface area contributed by atoms with Crippen molar-refractivity contribution >= 4 is 17.3 Å². The minimum Gasteiger partial charge on any atom is -0.388 e. The van der Waals surface area contributed by atoms with Crippen molar-refractivity contribution in [2.45, 2.75) is 64.1 Å². The molecule has 4 aliphatic carbocycles. The highest BCUT2D eigenvalue weighted by Gasteiger charge is 2.71. The summed E-state index contributed by atoms with van der Waals surface area (Å²) in [4.78, 5) is 36.5. The number of hydrogen-bond donors (Lipinski definition) is 2. The SMILES string of the molecule is CC1=C[C@H]2[C@@H]3CC[C@](O)(C(=O)CO)[C@@]3(C)CC[C@]2(F)[C@@]2(C)CC(=O)C(=O)C=C12. The summed E-state index contributed by atoms with van der Waals surface area (Å²) in [6, 6.07) is 0. The van der Waals surface area contributed by atoms with Crippen LogP contribution in [-0.2, 0) is 14.4 Å². The third kappa shape index (κ3) is 2.05. The maximum Gasteiger partial charge on any atom is 0.221 e. The van der Waals surface area contributed by atoms with E-state index < -0.39 is 52.0 Å². The molecular weight excluding hydrogens is 363 g/mol. The van der Waals surface area contributed by atoms with Gasteiger partial charge in [0.15, 0.2) is 5.78 Å². The summed E-state index contributed by atoms with van der Waals surface area (Å²) in [5.74, 6) is -2.59. The van der Waals surface area contributed by atoms with E-state index in [0.29, 0.717) is 12.0 Å². The summed E-state index contributed by atoms with van der Waals surface area (Å²) in [7, 11) is 0. The average Bonchev–Trinajstić information content (AvgIpc) is 2.92. The molecule has 2 fully saturated rings. The zero-order valence-electron chi connectivity index (χ0n) is 16.5. The molecule has 5 nitrogen and oxygen atoms in total. The van der Waals surface area contributed by atoms with Gasteiger partial charge < -0.3 is 10.2 Å². The van der Waals surface area contributed by atoms with E-state index in [1.54, 1.807) is 6.92 Å². The van der Waals surface area contributed by atoms with Gasteiger partial charge in [-0.25, -0.2) is 4.39 Å². The van der Waals surface area contributed by atoms with Crippen molar-refractivity contribution in [1.82, 2.24) is 0 Å². The molecule has 0 aliphatic heterocycles. The molecular formula is C22H27FO5. The van der Waals surface area contributed by atoms with Gasteiger partial charge in [-0.1, -0.05) is 25.5 Å². The Balaban J connectivity index is 1.85. The number of fused-ring (bicyclic) bond motifs is 5. The molecule has 6 heteroatoms. The zero-order chi connectivity index (χ0) is 20.7. The molecule has 0 aromatic heterocycles. The Morgan fingerprint density at radius 1 is 1.25 bits per heavy atom. The number of aliphatic hydroxyl groups excluding tert-OH is 1. The Bertz CT molecular complexity index is 859. The van der Waals surface area contributed by atoms with E-state index in [1.165, 1.54) is 6.08 Å². The van der Waals surface area contributed by atoms with Gasteiger partial charge >= 0.3 is 0 Å². The monoisotopic (exact) mass is 390 g/mol. The standard InChI is InChI=1S/C22H27FO5/c1-12-8-15-13-4-5-22(28,18(27)11-24)19(13,2)6-7-21(15,23)20(3)10-17(26)16(25)9-14(12)20/h8-9,13,15,24,28H,4-7,10-11H2,1-3H3/t13-,15-,19-,20-,21+,22-/m0/s1. The van der Waals surface area contributed by atoms with Crippen LogP contribution in [0.15, 0.2) is 23.3 Å². The van der Waals surface area contributed by atoms with Crippen LogP contribution in [0.1, 0.15) is 52.9 Å². The molecule has 0 spiro atoms. The number of carbonyl (C=O) groups is 3. The molecule has 28 heavy (non-hydrogen) atoms. The van der Waals surface area contributed by atoms with Crippen LogP contribution in [0.3, 0.4) is 0 Å². The Morgan fingerprint density at radius 3 is 2.57 bits per heavy atom. The van der Waals surface area contributed by atoms with Gasteiger partial charge in [0.25, 0.3) is 0 Å². The highest BCUT2D eigenvalue weighted by Crippen LogP contribution is 2.69. The second-order valence-corrected chi connectivity index (χ2v) is 9.60. The molecule has 0 heterocycles. The van der Waals surface area contributed by atoms with E-state index in [1.807, 2.05) is 19.9 Å². The zero-order valence-corrected chi connectivity index (χ0v) is 16.5. The van der Waals surface area contributed by atoms with Crippen molar-refractivity contribution in [3.63, 3.8) is 0 Å². The predicted octanol–water partition coefficient (Wildman–Crippen LogP) is 2.25. The number of aliphatic hydroxyl groups is 2. The number of ketones is 3. The van der Waals surface area contributed by atoms with Gasteiger partial charge in [0.1, 0.15) is 17.9 Å². The second-order valence-electron chi connectivity index (χ2n) is 9.60. The Morgan fingerprint density at radius 2 is 1.93 bits per heavy atom. The third-order valence-electron chi connectivity index (χ3n) is 8.59. The van der Waals surface area contributed by atoms with Crippen LogP contribution in [0.2, 0.25) is 0 Å². The summed E-state index contributed by atoms with van der Waals surface area (Å²) in [5.41, 5.74) is -3.94. The number of rotatable bonds is 2. The predicted molar refractivity (Wildman–Crippen MR) is 99.0 cm³/mol. The molecule has 0 aromatic carbocycles. The lowest BCUT2D eigenvalue weighted by atomic mass is 9.45. The number of hydrogen-bond acceptors (Lipinski definition) is 5. The number of Topliss-reactive ketones (excluding diaryl/α,β-unsaturated/α-hetero) is 2. The lowest BCUT2D eigenvalue weighted by Gasteiger charge is -2.60. The lowest BCUT2D eigenvalue weighted by molar-refractivity contribution is -0.174. The Kier molecular flexibility index (Phi) is 4.00. The first kappa shape index (κ1) is 19.6. The molecule has 0 amide bonds. The molecule has 6 atom stereocenters. The largest absolute Gasteiger partial charge is 0.388 e. The van der Waals surface area contributed by atoms with Crippen molar-refractivity contribution in [2.24, 2.45) is 22.7 Å². The molecule has 4 rings (SSSR count). The number of alkyl halides is 1. The smallest absolute Gasteiger partial charge is 0.221 e. The fraction of sp³-hybridized carbons (Fsp3) is 0.682. The van der Waals surface area contributed by atoms with Gasteiger partial charge in [0.2, 0.25) is 11.6 Å². The van der Waals surface area contributed by atoms with Crippen LogP contribution >= 0.6 is 0 Å². The highest BCUT2D eigenvalue weighted by molar-refractivity contribution is 6.42. The van der Waals surface area contributed by atoms with E-state index in [2.05, 4.69) is 0 Å². The summed E-state index contributed by atoms with van der Waals surface area (Å²) < 4.78 is 16.8. The summed E-state index contributed by atoms with van der Waals surface area (Å²) in [6.07, 6.45) is 4.02. The van der Waals surface area contributed by atoms with Crippen molar-refractivity contribution in [3.8, 4) is 0 Å². The van der Waals surface area contributed by atoms with Crippen molar-refractivity contribution in [1.29, 1.82) is 0 Å². The van der Waals surface area contributed by atoms with Gasteiger partial charge in [-0.2, -0.15) is 0 Å². The van der Waals surface area contributed by atoms with Crippen LogP contribution in [0, 0.1) is 22.7 Å². The molecule has 0 unspecified atom stereocenters. The van der Waals surface area contributed by atoms with Gasteiger partial charge in [-0.05, 0) is 50.2 Å². The molecule has 4 aliphatic rings. The third-order valence-corrected chi connectivity index (χ3v) is 8.59. The molecule has 2 N–H and O–H groups in total. The highest BCUT2D eigenvalue weighted by atomic mass is 19.1. The van der Waals surface area contributed by atoms with Gasteiger partial charge in [0.05, 0.1) is 0 Å². The average molecular weight is 390 g/mol. The van der Waals surface area contributed by atoms with Crippen LogP contribution in [0.5, 0.6) is 0 Å². The van der Waals surface area contributed by atoms with Gasteiger partial charge in [0, 0.05) is 23.2 Å². The Hall–Kier alpha value is -1.66. The quantitative estimate of drug-likeness (QED) is 0.706. The van der Waals surface area contributed by atoms with E-state index in [4.69, 9.17) is 0 Å². The maximum absolute atomic E-state index is 16.8. The molecule has 152 valence electrons. The van der Waals surface area contributed by atoms with Crippen LogP contribution in [0.4, 0.5) is 4.39 Å². The van der Waals surface area contributed by atoms with Crippen LogP contribution in [0.25, 0.3) is 0 Å². The molecule has 0 saturated heterocycles. The van der Waals surface area contributed by atoms with Crippen molar-refractivity contribution in [3.05, 3.63) is 23.3 Å². The summed E-state index contributed by atoms with van der Waals surface area (Å²) >= 11 is 0. The molecule has 2 saturated carbocycles. The summed E-state index contributed by atoms with van der Waals surface area (Å²) in [5, 5.41) is 20.5. The number of carbonyl (C=O) groups excluding carboxylic acids is 3. The van der Waals surface area contributed by atoms with E-state index in [-0.39, 0.29) is 31.6 Å². The fourth-order valence-electron chi connectivity index (χ4n) is 6.80. The fourth-order valence-corrected chi connectivity index (χ4v) is 6.80. The molecule has 0 aromatic rings. The minimum atomic E-state index is -1.73.